The van der Waals surface area contributed by atoms with Crippen molar-refractivity contribution < 1.29 is 22.7 Å². The SMILES string of the molecule is COc1cc(-c2nnc(SCc3ccc(F)cc3)o2)ccc1OCc1ccc(F)cc1. The van der Waals surface area contributed by atoms with Crippen LogP contribution in [0, 0.1) is 11.6 Å². The summed E-state index contributed by atoms with van der Waals surface area (Å²) in [5.74, 6) is 1.43. The van der Waals surface area contributed by atoms with E-state index in [1.165, 1.54) is 36.0 Å². The molecule has 0 amide bonds. The molecule has 158 valence electrons. The number of ether oxygens (including phenoxy) is 2. The number of aromatic nitrogens is 2. The van der Waals surface area contributed by atoms with Crippen molar-refractivity contribution in [3.05, 3.63) is 89.5 Å². The summed E-state index contributed by atoms with van der Waals surface area (Å²) in [6.45, 7) is 0.278. The second kappa shape index (κ2) is 9.61. The molecule has 0 aliphatic rings. The Kier molecular flexibility index (Phi) is 6.47. The van der Waals surface area contributed by atoms with Crippen molar-refractivity contribution in [1.29, 1.82) is 0 Å². The molecule has 4 rings (SSSR count). The maximum absolute atomic E-state index is 13.0. The molecular formula is C23H18F2N2O3S. The Morgan fingerprint density at radius 3 is 2.19 bits per heavy atom. The zero-order valence-electron chi connectivity index (χ0n) is 16.5. The number of hydrogen-bond donors (Lipinski definition) is 0. The van der Waals surface area contributed by atoms with Crippen LogP contribution in [0.3, 0.4) is 0 Å². The quantitative estimate of drug-likeness (QED) is 0.318. The molecule has 0 saturated carbocycles. The summed E-state index contributed by atoms with van der Waals surface area (Å²) in [6.07, 6.45) is 0. The standard InChI is InChI=1S/C23H18F2N2O3S/c1-28-21-12-17(6-11-20(21)29-13-15-2-7-18(24)8-3-15)22-26-27-23(30-22)31-14-16-4-9-19(25)10-5-16/h2-12H,13-14H2,1H3. The maximum atomic E-state index is 13.0. The Morgan fingerprint density at radius 2 is 1.52 bits per heavy atom. The fourth-order valence-corrected chi connectivity index (χ4v) is 3.49. The van der Waals surface area contributed by atoms with Gasteiger partial charge < -0.3 is 13.9 Å². The van der Waals surface area contributed by atoms with Gasteiger partial charge in [0, 0.05) is 11.3 Å². The van der Waals surface area contributed by atoms with Gasteiger partial charge in [-0.15, -0.1) is 10.2 Å². The normalized spacial score (nSPS) is 10.8. The molecule has 4 aromatic rings. The van der Waals surface area contributed by atoms with Gasteiger partial charge in [-0.2, -0.15) is 0 Å². The van der Waals surface area contributed by atoms with Crippen molar-refractivity contribution in [2.45, 2.75) is 17.6 Å². The molecule has 0 radical (unpaired) electrons. The predicted octanol–water partition coefficient (Wildman–Crippen LogP) is 5.89. The molecule has 5 nitrogen and oxygen atoms in total. The minimum absolute atomic E-state index is 0.270. The molecule has 0 spiro atoms. The van der Waals surface area contributed by atoms with Crippen molar-refractivity contribution in [1.82, 2.24) is 10.2 Å². The third-order valence-corrected chi connectivity index (χ3v) is 5.29. The van der Waals surface area contributed by atoms with Gasteiger partial charge >= 0.3 is 0 Å². The number of thioether (sulfide) groups is 1. The second-order valence-corrected chi connectivity index (χ2v) is 7.50. The van der Waals surface area contributed by atoms with E-state index in [1.807, 2.05) is 0 Å². The van der Waals surface area contributed by atoms with E-state index >= 15 is 0 Å². The van der Waals surface area contributed by atoms with Crippen LogP contribution in [0.4, 0.5) is 8.78 Å². The monoisotopic (exact) mass is 440 g/mol. The first-order valence-electron chi connectivity index (χ1n) is 9.37. The lowest BCUT2D eigenvalue weighted by molar-refractivity contribution is 0.284. The Balaban J connectivity index is 1.42. The molecule has 0 N–H and O–H groups in total. The number of nitrogens with zero attached hydrogens (tertiary/aromatic N) is 2. The van der Waals surface area contributed by atoms with Gasteiger partial charge in [0.25, 0.3) is 5.22 Å². The number of hydrogen-bond acceptors (Lipinski definition) is 6. The Bertz CT molecular complexity index is 1150. The summed E-state index contributed by atoms with van der Waals surface area (Å²) in [5.41, 5.74) is 2.48. The summed E-state index contributed by atoms with van der Waals surface area (Å²) in [6, 6.07) is 17.7. The number of methoxy groups -OCH3 is 1. The van der Waals surface area contributed by atoms with Gasteiger partial charge in [-0.1, -0.05) is 36.0 Å². The van der Waals surface area contributed by atoms with Crippen molar-refractivity contribution in [3.8, 4) is 23.0 Å². The molecule has 0 unspecified atom stereocenters. The Morgan fingerprint density at radius 1 is 0.839 bits per heavy atom. The van der Waals surface area contributed by atoms with E-state index in [-0.39, 0.29) is 18.2 Å². The largest absolute Gasteiger partial charge is 0.493 e. The van der Waals surface area contributed by atoms with E-state index in [2.05, 4.69) is 10.2 Å². The zero-order chi connectivity index (χ0) is 21.6. The van der Waals surface area contributed by atoms with E-state index in [4.69, 9.17) is 13.9 Å². The molecule has 31 heavy (non-hydrogen) atoms. The van der Waals surface area contributed by atoms with E-state index in [0.717, 1.165) is 11.1 Å². The molecule has 8 heteroatoms. The van der Waals surface area contributed by atoms with Crippen LogP contribution < -0.4 is 9.47 Å². The molecule has 1 heterocycles. The van der Waals surface area contributed by atoms with Gasteiger partial charge in [0.2, 0.25) is 5.89 Å². The molecule has 1 aromatic heterocycles. The third kappa shape index (κ3) is 5.40. The van der Waals surface area contributed by atoms with Gasteiger partial charge in [0.05, 0.1) is 7.11 Å². The predicted molar refractivity (Wildman–Crippen MR) is 113 cm³/mol. The summed E-state index contributed by atoms with van der Waals surface area (Å²) in [4.78, 5) is 0. The van der Waals surface area contributed by atoms with E-state index < -0.39 is 0 Å². The van der Waals surface area contributed by atoms with Crippen molar-refractivity contribution in [2.75, 3.05) is 7.11 Å². The Labute approximate surface area is 182 Å². The van der Waals surface area contributed by atoms with E-state index in [9.17, 15) is 8.78 Å². The first-order chi connectivity index (χ1) is 15.1. The number of rotatable bonds is 8. The first-order valence-corrected chi connectivity index (χ1v) is 10.4. The second-order valence-electron chi connectivity index (χ2n) is 6.57. The van der Waals surface area contributed by atoms with Crippen LogP contribution in [0.15, 0.2) is 76.4 Å². The molecule has 0 aliphatic carbocycles. The Hall–Kier alpha value is -3.39. The lowest BCUT2D eigenvalue weighted by Gasteiger charge is -2.11. The summed E-state index contributed by atoms with van der Waals surface area (Å²) in [5, 5.41) is 8.56. The third-order valence-electron chi connectivity index (χ3n) is 4.40. The number of halogens is 2. The molecule has 0 bridgehead atoms. The van der Waals surface area contributed by atoms with Gasteiger partial charge in [0.15, 0.2) is 11.5 Å². The summed E-state index contributed by atoms with van der Waals surface area (Å²) >= 11 is 1.37. The lowest BCUT2D eigenvalue weighted by atomic mass is 10.2. The molecule has 0 aliphatic heterocycles. The van der Waals surface area contributed by atoms with Crippen LogP contribution in [0.5, 0.6) is 11.5 Å². The van der Waals surface area contributed by atoms with Crippen LogP contribution in [0.25, 0.3) is 11.5 Å². The minimum Gasteiger partial charge on any atom is -0.493 e. The highest BCUT2D eigenvalue weighted by Crippen LogP contribution is 2.33. The first kappa shape index (κ1) is 20.9. The van der Waals surface area contributed by atoms with Crippen LogP contribution >= 0.6 is 11.8 Å². The van der Waals surface area contributed by atoms with Crippen LogP contribution in [0.1, 0.15) is 11.1 Å². The average molecular weight is 440 g/mol. The fraction of sp³-hybridized carbons (Fsp3) is 0.130. The summed E-state index contributed by atoms with van der Waals surface area (Å²) < 4.78 is 43.0. The van der Waals surface area contributed by atoms with Crippen molar-refractivity contribution in [2.24, 2.45) is 0 Å². The fourth-order valence-electron chi connectivity index (χ4n) is 2.77. The minimum atomic E-state index is -0.291. The van der Waals surface area contributed by atoms with Crippen molar-refractivity contribution in [3.63, 3.8) is 0 Å². The average Bonchev–Trinajstić information content (AvgIpc) is 3.27. The maximum Gasteiger partial charge on any atom is 0.277 e. The highest BCUT2D eigenvalue weighted by molar-refractivity contribution is 7.98. The zero-order valence-corrected chi connectivity index (χ0v) is 17.4. The van der Waals surface area contributed by atoms with Crippen LogP contribution in [-0.2, 0) is 12.4 Å². The molecule has 3 aromatic carbocycles. The van der Waals surface area contributed by atoms with Gasteiger partial charge in [0.1, 0.15) is 18.2 Å². The smallest absolute Gasteiger partial charge is 0.277 e. The van der Waals surface area contributed by atoms with Gasteiger partial charge in [-0.25, -0.2) is 8.78 Å². The molecule has 0 fully saturated rings. The van der Waals surface area contributed by atoms with E-state index in [1.54, 1.807) is 49.6 Å². The topological polar surface area (TPSA) is 57.4 Å². The van der Waals surface area contributed by atoms with Gasteiger partial charge in [-0.05, 0) is 53.6 Å². The summed E-state index contributed by atoms with van der Waals surface area (Å²) in [7, 11) is 1.54. The van der Waals surface area contributed by atoms with Crippen molar-refractivity contribution >= 4 is 11.8 Å². The molecular weight excluding hydrogens is 422 g/mol. The number of benzene rings is 3. The lowest BCUT2D eigenvalue weighted by Crippen LogP contribution is -1.98. The van der Waals surface area contributed by atoms with E-state index in [0.29, 0.717) is 33.9 Å². The highest BCUT2D eigenvalue weighted by Gasteiger charge is 2.13. The molecule has 0 saturated heterocycles. The van der Waals surface area contributed by atoms with Crippen LogP contribution in [0.2, 0.25) is 0 Å². The van der Waals surface area contributed by atoms with Gasteiger partial charge in [-0.3, -0.25) is 0 Å². The van der Waals surface area contributed by atoms with Crippen LogP contribution in [-0.4, -0.2) is 17.3 Å². The molecule has 0 atom stereocenters. The highest BCUT2D eigenvalue weighted by atomic mass is 32.2.